The lowest BCUT2D eigenvalue weighted by atomic mass is 10.0. The lowest BCUT2D eigenvalue weighted by Gasteiger charge is -2.40. The van der Waals surface area contributed by atoms with E-state index in [1.54, 1.807) is 0 Å². The van der Waals surface area contributed by atoms with E-state index in [1.165, 1.54) is 0 Å². The minimum atomic E-state index is -4.21. The predicted molar refractivity (Wildman–Crippen MR) is 50.5 cm³/mol. The second-order valence-corrected chi connectivity index (χ2v) is 3.74. The van der Waals surface area contributed by atoms with Crippen molar-refractivity contribution in [2.24, 2.45) is 5.73 Å². The summed E-state index contributed by atoms with van der Waals surface area (Å²) in [4.78, 5) is 2.18. The molecule has 1 fully saturated rings. The van der Waals surface area contributed by atoms with Crippen LogP contribution in [0.15, 0.2) is 0 Å². The van der Waals surface area contributed by atoms with Crippen LogP contribution in [0.5, 0.6) is 0 Å². The summed E-state index contributed by atoms with van der Waals surface area (Å²) in [6.07, 6.45) is -2.48. The number of ether oxygens (including phenoxy) is 1. The van der Waals surface area contributed by atoms with Gasteiger partial charge in [-0.1, -0.05) is 0 Å². The lowest BCUT2D eigenvalue weighted by molar-refractivity contribution is -0.174. The summed E-state index contributed by atoms with van der Waals surface area (Å²) in [6, 6.07) is 0.424. The van der Waals surface area contributed by atoms with Crippen LogP contribution >= 0.6 is 0 Å². The Balaban J connectivity index is 1.93. The van der Waals surface area contributed by atoms with E-state index in [4.69, 9.17) is 5.73 Å². The molecule has 0 amide bonds. The molecule has 3 nitrogen and oxygen atoms in total. The van der Waals surface area contributed by atoms with Crippen molar-refractivity contribution in [1.82, 2.24) is 4.90 Å². The predicted octanol–water partition coefficient (Wildman–Crippen LogP) is 0.988. The number of likely N-dealkylation sites (tertiary alicyclic amines) is 1. The van der Waals surface area contributed by atoms with Crippen LogP contribution in [0.3, 0.4) is 0 Å². The number of hydrogen-bond acceptors (Lipinski definition) is 3. The monoisotopic (exact) mass is 226 g/mol. The highest BCUT2D eigenvalue weighted by Crippen LogP contribution is 2.17. The third-order valence-electron chi connectivity index (χ3n) is 2.54. The van der Waals surface area contributed by atoms with Crippen LogP contribution in [0.25, 0.3) is 0 Å². The Bertz CT molecular complexity index is 185. The first-order chi connectivity index (χ1) is 7.03. The SMILES string of the molecule is NCC1CCN1CCCOCC(F)(F)F. The van der Waals surface area contributed by atoms with Crippen molar-refractivity contribution in [3.8, 4) is 0 Å². The van der Waals surface area contributed by atoms with Crippen LogP contribution in [0, 0.1) is 0 Å². The highest BCUT2D eigenvalue weighted by molar-refractivity contribution is 4.82. The molecule has 1 unspecified atom stereocenters. The van der Waals surface area contributed by atoms with Crippen molar-refractivity contribution < 1.29 is 17.9 Å². The van der Waals surface area contributed by atoms with Crippen LogP contribution in [0.2, 0.25) is 0 Å². The van der Waals surface area contributed by atoms with Crippen LogP contribution in [0.1, 0.15) is 12.8 Å². The molecule has 1 aliphatic heterocycles. The third kappa shape index (κ3) is 4.81. The van der Waals surface area contributed by atoms with Crippen molar-refractivity contribution in [3.05, 3.63) is 0 Å². The Hall–Kier alpha value is -0.330. The highest BCUT2D eigenvalue weighted by atomic mass is 19.4. The molecule has 2 N–H and O–H groups in total. The molecule has 0 aliphatic carbocycles. The minimum Gasteiger partial charge on any atom is -0.372 e. The molecule has 0 aromatic carbocycles. The van der Waals surface area contributed by atoms with Crippen molar-refractivity contribution in [2.45, 2.75) is 25.1 Å². The zero-order valence-electron chi connectivity index (χ0n) is 8.59. The van der Waals surface area contributed by atoms with Gasteiger partial charge in [0, 0.05) is 32.3 Å². The lowest BCUT2D eigenvalue weighted by Crippen LogP contribution is -2.52. The number of hydrogen-bond donors (Lipinski definition) is 1. The van der Waals surface area contributed by atoms with Crippen LogP contribution in [-0.4, -0.2) is 50.0 Å². The molecule has 0 aromatic heterocycles. The van der Waals surface area contributed by atoms with E-state index < -0.39 is 12.8 Å². The number of halogens is 3. The second-order valence-electron chi connectivity index (χ2n) is 3.74. The molecular weight excluding hydrogens is 209 g/mol. The number of nitrogens with two attached hydrogens (primary N) is 1. The zero-order chi connectivity index (χ0) is 11.3. The molecule has 6 heteroatoms. The van der Waals surface area contributed by atoms with Gasteiger partial charge in [0.15, 0.2) is 0 Å². The maximum absolute atomic E-state index is 11.7. The summed E-state index contributed by atoms with van der Waals surface area (Å²) in [5, 5.41) is 0. The smallest absolute Gasteiger partial charge is 0.372 e. The van der Waals surface area contributed by atoms with E-state index >= 15 is 0 Å². The molecule has 0 aromatic rings. The largest absolute Gasteiger partial charge is 0.411 e. The van der Waals surface area contributed by atoms with Gasteiger partial charge in [-0.25, -0.2) is 0 Å². The van der Waals surface area contributed by atoms with Gasteiger partial charge in [-0.15, -0.1) is 0 Å². The van der Waals surface area contributed by atoms with E-state index in [1.807, 2.05) is 0 Å². The zero-order valence-corrected chi connectivity index (χ0v) is 8.59. The van der Waals surface area contributed by atoms with Gasteiger partial charge in [-0.3, -0.25) is 4.90 Å². The van der Waals surface area contributed by atoms with Crippen LogP contribution in [0.4, 0.5) is 13.2 Å². The first-order valence-electron chi connectivity index (χ1n) is 5.11. The van der Waals surface area contributed by atoms with E-state index in [2.05, 4.69) is 9.64 Å². The quantitative estimate of drug-likeness (QED) is 0.686. The number of alkyl halides is 3. The summed E-state index contributed by atoms with van der Waals surface area (Å²) in [7, 11) is 0. The second kappa shape index (κ2) is 5.67. The topological polar surface area (TPSA) is 38.5 Å². The normalized spacial score (nSPS) is 22.8. The molecule has 0 saturated carbocycles. The van der Waals surface area contributed by atoms with Crippen molar-refractivity contribution in [2.75, 3.05) is 32.8 Å². The van der Waals surface area contributed by atoms with E-state index in [0.717, 1.165) is 19.5 Å². The first kappa shape index (κ1) is 12.7. The fourth-order valence-electron chi connectivity index (χ4n) is 1.61. The van der Waals surface area contributed by atoms with E-state index in [-0.39, 0.29) is 6.61 Å². The van der Waals surface area contributed by atoms with Gasteiger partial charge in [0.2, 0.25) is 0 Å². The average molecular weight is 226 g/mol. The first-order valence-corrected chi connectivity index (χ1v) is 5.11. The maximum atomic E-state index is 11.7. The highest BCUT2D eigenvalue weighted by Gasteiger charge is 2.28. The van der Waals surface area contributed by atoms with Gasteiger partial charge in [0.25, 0.3) is 0 Å². The molecule has 1 heterocycles. The standard InChI is InChI=1S/C9H17F3N2O/c10-9(11,12)7-15-5-1-3-14-4-2-8(14)6-13/h8H,1-7,13H2. The Kier molecular flexibility index (Phi) is 4.82. The molecular formula is C9H17F3N2O. The molecule has 1 aliphatic rings. The Morgan fingerprint density at radius 3 is 2.60 bits per heavy atom. The summed E-state index contributed by atoms with van der Waals surface area (Å²) >= 11 is 0. The molecule has 15 heavy (non-hydrogen) atoms. The van der Waals surface area contributed by atoms with Gasteiger partial charge in [-0.2, -0.15) is 13.2 Å². The van der Waals surface area contributed by atoms with Crippen molar-refractivity contribution in [3.63, 3.8) is 0 Å². The fraction of sp³-hybridized carbons (Fsp3) is 1.00. The van der Waals surface area contributed by atoms with E-state index in [9.17, 15) is 13.2 Å². The molecule has 1 saturated heterocycles. The molecule has 90 valence electrons. The Labute approximate surface area is 87.4 Å². The molecule has 0 bridgehead atoms. The Morgan fingerprint density at radius 1 is 1.40 bits per heavy atom. The maximum Gasteiger partial charge on any atom is 0.411 e. The van der Waals surface area contributed by atoms with Crippen molar-refractivity contribution in [1.29, 1.82) is 0 Å². The van der Waals surface area contributed by atoms with Gasteiger partial charge in [-0.05, 0) is 12.8 Å². The fourth-order valence-corrected chi connectivity index (χ4v) is 1.61. The Morgan fingerprint density at radius 2 is 2.13 bits per heavy atom. The van der Waals surface area contributed by atoms with Gasteiger partial charge < -0.3 is 10.5 Å². The third-order valence-corrected chi connectivity index (χ3v) is 2.54. The van der Waals surface area contributed by atoms with Gasteiger partial charge in [0.1, 0.15) is 6.61 Å². The van der Waals surface area contributed by atoms with Crippen LogP contribution in [-0.2, 0) is 4.74 Å². The summed E-state index contributed by atoms with van der Waals surface area (Å²) in [5.74, 6) is 0. The molecule has 0 radical (unpaired) electrons. The van der Waals surface area contributed by atoms with E-state index in [0.29, 0.717) is 19.0 Å². The average Bonchev–Trinajstić information content (AvgIpc) is 2.08. The van der Waals surface area contributed by atoms with Crippen LogP contribution < -0.4 is 5.73 Å². The molecule has 1 rings (SSSR count). The van der Waals surface area contributed by atoms with Gasteiger partial charge >= 0.3 is 6.18 Å². The summed E-state index contributed by atoms with van der Waals surface area (Å²) < 4.78 is 39.6. The minimum absolute atomic E-state index is 0.160. The molecule has 1 atom stereocenters. The summed E-state index contributed by atoms with van der Waals surface area (Å²) in [6.45, 7) is 1.42. The molecule has 0 spiro atoms. The van der Waals surface area contributed by atoms with Gasteiger partial charge in [0.05, 0.1) is 0 Å². The number of nitrogens with zero attached hydrogens (tertiary/aromatic N) is 1. The number of rotatable bonds is 6. The van der Waals surface area contributed by atoms with Crippen molar-refractivity contribution >= 4 is 0 Å². The summed E-state index contributed by atoms with van der Waals surface area (Å²) in [5.41, 5.74) is 5.49.